The first-order valence-corrected chi connectivity index (χ1v) is 36.6. The highest BCUT2D eigenvalue weighted by Crippen LogP contribution is 2.42. The zero-order chi connectivity index (χ0) is 73.2. The van der Waals surface area contributed by atoms with E-state index < -0.39 is 5.60 Å². The minimum Gasteiger partial charge on any atom is -0.393 e. The molecule has 17 rings (SSSR count). The number of carbonyl (C=O) groups excluding carboxylic acids is 3. The summed E-state index contributed by atoms with van der Waals surface area (Å²) >= 11 is 0. The van der Waals surface area contributed by atoms with E-state index in [1.165, 1.54) is 37.1 Å². The van der Waals surface area contributed by atoms with E-state index in [0.29, 0.717) is 78.7 Å². The van der Waals surface area contributed by atoms with E-state index >= 15 is 0 Å². The van der Waals surface area contributed by atoms with E-state index in [2.05, 4.69) is 133 Å². The lowest BCUT2D eigenvalue weighted by atomic mass is 9.91. The highest BCUT2D eigenvalue weighted by atomic mass is 19.1. The van der Waals surface area contributed by atoms with Crippen LogP contribution in [0.5, 0.6) is 0 Å². The number of amides is 2. The van der Waals surface area contributed by atoms with E-state index in [4.69, 9.17) is 9.72 Å². The first kappa shape index (κ1) is 70.5. The molecule has 3 aromatic carbocycles. The maximum atomic E-state index is 13.7. The van der Waals surface area contributed by atoms with E-state index in [1.807, 2.05) is 86.9 Å². The van der Waals surface area contributed by atoms with Gasteiger partial charge in [0.15, 0.2) is 5.78 Å². The fourth-order valence-electron chi connectivity index (χ4n) is 15.7. The number of ether oxygens (including phenoxy) is 1. The quantitative estimate of drug-likeness (QED) is 0.0447. The van der Waals surface area contributed by atoms with Crippen LogP contribution in [-0.4, -0.2) is 150 Å². The Morgan fingerprint density at radius 2 is 1.21 bits per heavy atom. The van der Waals surface area contributed by atoms with Crippen molar-refractivity contribution in [2.45, 2.75) is 96.1 Å². The topological polar surface area (TPSA) is 261 Å². The maximum absolute atomic E-state index is 13.7. The monoisotopic (exact) mass is 1430 g/mol. The molecule has 23 nitrogen and oxygen atoms in total. The van der Waals surface area contributed by atoms with Gasteiger partial charge < -0.3 is 65.7 Å². The summed E-state index contributed by atoms with van der Waals surface area (Å²) in [5.41, 5.74) is 18.2. The summed E-state index contributed by atoms with van der Waals surface area (Å²) in [6, 6.07) is 33.5. The molecule has 0 bridgehead atoms. The molecule has 5 aliphatic heterocycles. The molecule has 0 unspecified atom stereocenters. The number of anilines is 9. The minimum absolute atomic E-state index is 0.0867. The molecule has 0 saturated carbocycles. The van der Waals surface area contributed by atoms with Crippen LogP contribution in [0.1, 0.15) is 112 Å². The summed E-state index contributed by atoms with van der Waals surface area (Å²) in [6.45, 7) is 9.67. The van der Waals surface area contributed by atoms with Crippen molar-refractivity contribution in [2.24, 2.45) is 13.0 Å². The molecule has 106 heavy (non-hydrogen) atoms. The number of aromatic nitrogens is 8. The van der Waals surface area contributed by atoms with Crippen molar-refractivity contribution in [2.75, 3.05) is 97.7 Å². The number of piperidine rings is 3. The molecule has 0 radical (unpaired) electrons. The van der Waals surface area contributed by atoms with Crippen molar-refractivity contribution < 1.29 is 33.7 Å². The van der Waals surface area contributed by atoms with Crippen molar-refractivity contribution in [1.29, 1.82) is 0 Å². The number of halogens is 1. The predicted molar refractivity (Wildman–Crippen MR) is 412 cm³/mol. The molecule has 2 amide bonds. The van der Waals surface area contributed by atoms with Gasteiger partial charge in [-0.05, 0) is 195 Å². The lowest BCUT2D eigenvalue weighted by Gasteiger charge is -2.39. The normalized spacial score (nSPS) is 16.3. The number of methoxy groups -OCH3 is 1. The Kier molecular flexibility index (Phi) is 20.3. The van der Waals surface area contributed by atoms with Crippen LogP contribution in [0, 0.1) is 11.7 Å². The van der Waals surface area contributed by atoms with Gasteiger partial charge in [0.05, 0.1) is 46.9 Å². The summed E-state index contributed by atoms with van der Waals surface area (Å²) in [6.07, 6.45) is 23.8. The number of ketones is 1. The third kappa shape index (κ3) is 14.7. The average molecular weight is 1430 g/mol. The molecule has 24 heteroatoms. The SMILES string of the molecule is CCC1CCN(c2ccc(Nc3ncc(-c4ccncc4)c4c3C(=O)NC4)cc2)CC1.COCC1(O)CCN(c2ccc(Nc3ncc(-c4cnc5cc(F)ccn45)c4c3C(=O)NC4)cc2CN(C)C)CC1.Cn1ccc2c(-c3cnc(Nc4ccc(N5CCC(O)CC5)cc4)c4c3CCC4=O)ccnc21. The Morgan fingerprint density at radius 3 is 1.84 bits per heavy atom. The van der Waals surface area contributed by atoms with Gasteiger partial charge in [-0.15, -0.1) is 0 Å². The van der Waals surface area contributed by atoms with Crippen LogP contribution in [0.4, 0.5) is 56.0 Å². The molecule has 3 saturated heterocycles. The Labute approximate surface area is 614 Å². The summed E-state index contributed by atoms with van der Waals surface area (Å²) < 4.78 is 22.7. The van der Waals surface area contributed by atoms with Gasteiger partial charge in [0.1, 0.15) is 34.6 Å². The number of aliphatic hydroxyl groups excluding tert-OH is 1. The number of fused-ring (bicyclic) bond motifs is 5. The summed E-state index contributed by atoms with van der Waals surface area (Å²) in [4.78, 5) is 74.5. The summed E-state index contributed by atoms with van der Waals surface area (Å²) in [5.74, 6) is 2.05. The van der Waals surface area contributed by atoms with E-state index in [1.54, 1.807) is 42.5 Å². The lowest BCUT2D eigenvalue weighted by molar-refractivity contribution is -0.0472. The number of Topliss-reactive ketones (excluding diaryl/α,β-unsaturated/α-hetero) is 1. The molecule has 3 fully saturated rings. The molecule has 0 atom stereocenters. The van der Waals surface area contributed by atoms with Gasteiger partial charge in [0, 0.05) is 191 Å². The maximum Gasteiger partial charge on any atom is 0.255 e. The fraction of sp³-hybridized carbons (Fsp3) is 0.329. The third-order valence-corrected chi connectivity index (χ3v) is 21.5. The Balaban J connectivity index is 0.000000129. The van der Waals surface area contributed by atoms with Gasteiger partial charge in [-0.1, -0.05) is 13.3 Å². The van der Waals surface area contributed by atoms with E-state index in [9.17, 15) is 29.0 Å². The molecule has 6 aliphatic rings. The second-order valence-corrected chi connectivity index (χ2v) is 28.6. The van der Waals surface area contributed by atoms with Crippen molar-refractivity contribution in [3.05, 3.63) is 204 Å². The molecular formula is C82H88FN17O6. The number of carbonyl (C=O) groups is 3. The highest BCUT2D eigenvalue weighted by Gasteiger charge is 2.35. The second kappa shape index (κ2) is 30.5. The van der Waals surface area contributed by atoms with Gasteiger partial charge in [-0.25, -0.2) is 29.3 Å². The number of nitrogens with one attached hydrogen (secondary N) is 5. The standard InChI is InChI=1S/C30H34FN7O3.C27H27N5O2.C25H27N5O/c1-36(2)17-19-12-21(4-5-24(19)37-10-7-30(40,8-11-37)18-41-3)35-28-27-23(15-34-29(27)39)22(14-33-28)25-16-32-26-13-20(31)6-9-38(25)26;1-31-13-11-22-20(8-12-28-27(22)31)23-16-29-26(25-21(23)6-7-24(25)34)30-17-2-4-18(5-3-17)32-14-9-19(33)10-15-32;1-2-17-9-13-30(14-10-17)20-5-3-19(4-6-20)29-24-23-22(16-28-25(23)31)21(15-27-24)18-7-11-26-12-8-18/h4-6,9,12-14,16,40H,7-8,10-11,15,17-18H2,1-3H3,(H,33,35)(H,34,39);2-5,8,11-13,16,19,33H,6-7,9-10,14-15H2,1H3,(H,29,30);3-8,11-12,15,17H,2,9-10,13-14,16H2,1H3,(H,27,29)(H,28,31). The minimum atomic E-state index is -0.785. The van der Waals surface area contributed by atoms with Gasteiger partial charge in [-0.3, -0.25) is 23.8 Å². The van der Waals surface area contributed by atoms with Crippen LogP contribution in [-0.2, 0) is 37.8 Å². The Bertz CT molecular complexity index is 5060. The molecule has 544 valence electrons. The van der Waals surface area contributed by atoms with Crippen molar-refractivity contribution in [3.63, 3.8) is 0 Å². The van der Waals surface area contributed by atoms with Gasteiger partial charge >= 0.3 is 0 Å². The van der Waals surface area contributed by atoms with E-state index in [0.717, 1.165) is 166 Å². The number of nitrogens with zero attached hydrogens (tertiary/aromatic N) is 12. The molecule has 11 aromatic rings. The molecule has 13 heterocycles. The summed E-state index contributed by atoms with van der Waals surface area (Å²) in [5, 5.41) is 37.6. The lowest BCUT2D eigenvalue weighted by Crippen LogP contribution is -2.47. The molecule has 0 spiro atoms. The average Bonchev–Trinajstić information content (AvgIpc) is 1.59. The van der Waals surface area contributed by atoms with E-state index in [-0.39, 0.29) is 29.5 Å². The number of pyridine rings is 6. The number of benzene rings is 3. The first-order valence-electron chi connectivity index (χ1n) is 36.6. The van der Waals surface area contributed by atoms with Gasteiger partial charge in [0.25, 0.3) is 11.8 Å². The number of rotatable bonds is 17. The van der Waals surface area contributed by atoms with Crippen LogP contribution in [0.25, 0.3) is 50.2 Å². The van der Waals surface area contributed by atoms with Crippen LogP contribution < -0.4 is 41.3 Å². The number of hydrogen-bond donors (Lipinski definition) is 7. The van der Waals surface area contributed by atoms with Crippen molar-refractivity contribution >= 4 is 85.9 Å². The Morgan fingerprint density at radius 1 is 0.613 bits per heavy atom. The van der Waals surface area contributed by atoms with Crippen LogP contribution >= 0.6 is 0 Å². The number of imidazole rings is 1. The van der Waals surface area contributed by atoms with Crippen molar-refractivity contribution in [3.8, 4) is 33.5 Å². The van der Waals surface area contributed by atoms with Crippen LogP contribution in [0.15, 0.2) is 159 Å². The van der Waals surface area contributed by atoms with Crippen molar-refractivity contribution in [1.82, 2.24) is 54.4 Å². The van der Waals surface area contributed by atoms with Crippen LogP contribution in [0.2, 0.25) is 0 Å². The highest BCUT2D eigenvalue weighted by molar-refractivity contribution is 6.09. The largest absolute Gasteiger partial charge is 0.393 e. The second-order valence-electron chi connectivity index (χ2n) is 28.6. The number of aliphatic hydroxyl groups is 2. The van der Waals surface area contributed by atoms with Gasteiger partial charge in [0.2, 0.25) is 0 Å². The fourth-order valence-corrected chi connectivity index (χ4v) is 15.7. The number of hydrogen-bond acceptors (Lipinski definition) is 19. The summed E-state index contributed by atoms with van der Waals surface area (Å²) in [7, 11) is 7.67. The molecule has 1 aliphatic carbocycles. The zero-order valence-corrected chi connectivity index (χ0v) is 60.4. The smallest absolute Gasteiger partial charge is 0.255 e. The van der Waals surface area contributed by atoms with Gasteiger partial charge in [-0.2, -0.15) is 0 Å². The zero-order valence-electron chi connectivity index (χ0n) is 60.4. The molecular weight excluding hydrogens is 1340 g/mol. The molecule has 7 N–H and O–H groups in total. The molecule has 8 aromatic heterocycles. The third-order valence-electron chi connectivity index (χ3n) is 21.5. The Hall–Kier alpha value is -11.2. The number of aryl methyl sites for hydroxylation is 1. The van der Waals surface area contributed by atoms with Crippen LogP contribution in [0.3, 0.4) is 0 Å². The predicted octanol–water partition coefficient (Wildman–Crippen LogP) is 12.8. The first-order chi connectivity index (χ1) is 51.5.